The number of benzene rings is 2. The first-order chi connectivity index (χ1) is 14.6. The summed E-state index contributed by atoms with van der Waals surface area (Å²) in [6.07, 6.45) is 1.43. The van der Waals surface area contributed by atoms with E-state index in [2.05, 4.69) is 10.6 Å². The maximum atomic E-state index is 12.4. The van der Waals surface area contributed by atoms with E-state index in [0.29, 0.717) is 23.7 Å². The Hall–Kier alpha value is -4.07. The van der Waals surface area contributed by atoms with Gasteiger partial charge in [-0.3, -0.25) is 19.3 Å². The molecule has 0 atom stereocenters. The first kappa shape index (κ1) is 19.3. The summed E-state index contributed by atoms with van der Waals surface area (Å²) in [5, 5.41) is 5.53. The number of hydrogen-bond donors (Lipinski definition) is 2. The van der Waals surface area contributed by atoms with Crippen LogP contribution in [0.4, 0.5) is 11.4 Å². The number of hydrogen-bond acceptors (Lipinski definition) is 5. The van der Waals surface area contributed by atoms with Gasteiger partial charge in [-0.05, 0) is 42.0 Å². The maximum Gasteiger partial charge on any atom is 0.291 e. The molecule has 8 heteroatoms. The molecule has 0 unspecified atom stereocenters. The Morgan fingerprint density at radius 2 is 1.80 bits per heavy atom. The van der Waals surface area contributed by atoms with Crippen LogP contribution in [0.15, 0.2) is 71.3 Å². The lowest BCUT2D eigenvalue weighted by atomic mass is 10.2. The van der Waals surface area contributed by atoms with Crippen molar-refractivity contribution >= 4 is 29.1 Å². The van der Waals surface area contributed by atoms with Crippen LogP contribution in [0.1, 0.15) is 16.1 Å². The third kappa shape index (κ3) is 4.33. The third-order valence-corrected chi connectivity index (χ3v) is 4.56. The van der Waals surface area contributed by atoms with Gasteiger partial charge in [0.1, 0.15) is 12.3 Å². The summed E-state index contributed by atoms with van der Waals surface area (Å²) < 4.78 is 10.4. The zero-order valence-electron chi connectivity index (χ0n) is 16.0. The van der Waals surface area contributed by atoms with Crippen LogP contribution in [0.25, 0.3) is 0 Å². The van der Waals surface area contributed by atoms with Crippen molar-refractivity contribution in [1.82, 2.24) is 5.32 Å². The highest BCUT2D eigenvalue weighted by molar-refractivity contribution is 6.02. The minimum atomic E-state index is -0.337. The molecular formula is C22H19N3O5. The molecule has 4 rings (SSSR count). The minimum absolute atomic E-state index is 0.0868. The van der Waals surface area contributed by atoms with Crippen LogP contribution in [-0.4, -0.2) is 30.9 Å². The van der Waals surface area contributed by atoms with Crippen molar-refractivity contribution in [2.45, 2.75) is 6.54 Å². The summed E-state index contributed by atoms with van der Waals surface area (Å²) in [4.78, 5) is 37.9. The van der Waals surface area contributed by atoms with Crippen molar-refractivity contribution < 1.29 is 23.5 Å². The highest BCUT2D eigenvalue weighted by atomic mass is 16.5. The minimum Gasteiger partial charge on any atom is -0.482 e. The maximum absolute atomic E-state index is 12.4. The molecule has 1 aromatic heterocycles. The van der Waals surface area contributed by atoms with Gasteiger partial charge in [0.15, 0.2) is 12.4 Å². The van der Waals surface area contributed by atoms with E-state index in [4.69, 9.17) is 9.15 Å². The summed E-state index contributed by atoms with van der Waals surface area (Å²) in [7, 11) is 0. The van der Waals surface area contributed by atoms with E-state index in [-0.39, 0.29) is 36.6 Å². The Kier molecular flexibility index (Phi) is 5.47. The van der Waals surface area contributed by atoms with E-state index in [1.807, 2.05) is 6.07 Å². The molecule has 3 aromatic rings. The number of nitrogens with one attached hydrogen (secondary N) is 2. The molecule has 0 bridgehead atoms. The molecule has 1 aliphatic heterocycles. The molecule has 0 fully saturated rings. The van der Waals surface area contributed by atoms with Crippen molar-refractivity contribution in [2.75, 3.05) is 23.4 Å². The van der Waals surface area contributed by atoms with E-state index >= 15 is 0 Å². The molecule has 0 saturated heterocycles. The normalized spacial score (nSPS) is 12.7. The number of fused-ring (bicyclic) bond motifs is 1. The van der Waals surface area contributed by atoms with Crippen LogP contribution in [-0.2, 0) is 16.1 Å². The zero-order valence-corrected chi connectivity index (χ0v) is 16.0. The van der Waals surface area contributed by atoms with Gasteiger partial charge in [-0.25, -0.2) is 0 Å². The topological polar surface area (TPSA) is 101 Å². The fraction of sp³-hybridized carbons (Fsp3) is 0.136. The van der Waals surface area contributed by atoms with Gasteiger partial charge in [0.25, 0.3) is 11.8 Å². The van der Waals surface area contributed by atoms with E-state index in [1.54, 1.807) is 54.6 Å². The molecule has 0 radical (unpaired) electrons. The van der Waals surface area contributed by atoms with E-state index in [1.165, 1.54) is 11.2 Å². The van der Waals surface area contributed by atoms with Gasteiger partial charge in [-0.2, -0.15) is 0 Å². The molecular weight excluding hydrogens is 386 g/mol. The first-order valence-electron chi connectivity index (χ1n) is 9.33. The van der Waals surface area contributed by atoms with Gasteiger partial charge in [-0.1, -0.05) is 24.3 Å². The molecule has 0 spiro atoms. The van der Waals surface area contributed by atoms with Gasteiger partial charge >= 0.3 is 0 Å². The van der Waals surface area contributed by atoms with Crippen LogP contribution in [0, 0.1) is 0 Å². The number of ether oxygens (including phenoxy) is 1. The Morgan fingerprint density at radius 3 is 2.57 bits per heavy atom. The molecule has 8 nitrogen and oxygen atoms in total. The average Bonchev–Trinajstić information content (AvgIpc) is 3.30. The number of nitrogens with zero attached hydrogens (tertiary/aromatic N) is 1. The van der Waals surface area contributed by atoms with Crippen LogP contribution >= 0.6 is 0 Å². The zero-order chi connectivity index (χ0) is 20.9. The predicted octanol–water partition coefficient (Wildman–Crippen LogP) is 2.57. The second kappa shape index (κ2) is 8.52. The molecule has 2 aromatic carbocycles. The standard InChI is InChI=1S/C22H19N3O5/c26-20(13-25-17-4-1-2-5-18(17)30-14-21(25)27)23-12-15-7-9-16(10-8-15)24-22(28)19-6-3-11-29-19/h1-11H,12-14H2,(H,23,26)(H,24,28). The first-order valence-corrected chi connectivity index (χ1v) is 9.33. The molecule has 2 N–H and O–H groups in total. The molecule has 0 saturated carbocycles. The van der Waals surface area contributed by atoms with Crippen LogP contribution < -0.4 is 20.3 Å². The second-order valence-electron chi connectivity index (χ2n) is 6.64. The summed E-state index contributed by atoms with van der Waals surface area (Å²) >= 11 is 0. The highest BCUT2D eigenvalue weighted by Gasteiger charge is 2.26. The van der Waals surface area contributed by atoms with Crippen LogP contribution in [0.3, 0.4) is 0 Å². The Labute approximate surface area is 172 Å². The Morgan fingerprint density at radius 1 is 1.00 bits per heavy atom. The summed E-state index contributed by atoms with van der Waals surface area (Å²) in [5.74, 6) is -0.0741. The smallest absolute Gasteiger partial charge is 0.291 e. The lowest BCUT2D eigenvalue weighted by molar-refractivity contribution is -0.125. The number of anilines is 2. The van der Waals surface area contributed by atoms with Gasteiger partial charge < -0.3 is 19.8 Å². The van der Waals surface area contributed by atoms with Crippen molar-refractivity contribution in [3.63, 3.8) is 0 Å². The molecule has 30 heavy (non-hydrogen) atoms. The molecule has 3 amide bonds. The van der Waals surface area contributed by atoms with Gasteiger partial charge in [0, 0.05) is 12.2 Å². The average molecular weight is 405 g/mol. The summed E-state index contributed by atoms with van der Waals surface area (Å²) in [5.41, 5.74) is 2.05. The fourth-order valence-corrected chi connectivity index (χ4v) is 3.03. The van der Waals surface area contributed by atoms with Gasteiger partial charge in [0.2, 0.25) is 5.91 Å². The summed E-state index contributed by atoms with van der Waals surface area (Å²) in [6.45, 7) is 0.122. The quantitative estimate of drug-likeness (QED) is 0.657. The number of carbonyl (C=O) groups excluding carboxylic acids is 3. The molecule has 152 valence electrons. The van der Waals surface area contributed by atoms with Gasteiger partial charge in [-0.15, -0.1) is 0 Å². The molecule has 1 aliphatic rings. The SMILES string of the molecule is O=C(CN1C(=O)COc2ccccc21)NCc1ccc(NC(=O)c2ccco2)cc1. The number of para-hydroxylation sites is 2. The highest BCUT2D eigenvalue weighted by Crippen LogP contribution is 2.31. The van der Waals surface area contributed by atoms with Crippen molar-refractivity contribution in [3.05, 3.63) is 78.3 Å². The second-order valence-corrected chi connectivity index (χ2v) is 6.64. The van der Waals surface area contributed by atoms with E-state index in [9.17, 15) is 14.4 Å². The number of furan rings is 1. The van der Waals surface area contributed by atoms with Crippen molar-refractivity contribution in [3.8, 4) is 5.75 Å². The lowest BCUT2D eigenvalue weighted by Gasteiger charge is -2.28. The summed E-state index contributed by atoms with van der Waals surface area (Å²) in [6, 6.07) is 17.4. The number of carbonyl (C=O) groups is 3. The fourth-order valence-electron chi connectivity index (χ4n) is 3.03. The van der Waals surface area contributed by atoms with E-state index in [0.717, 1.165) is 5.56 Å². The Balaban J connectivity index is 1.31. The number of amides is 3. The van der Waals surface area contributed by atoms with Crippen LogP contribution in [0.2, 0.25) is 0 Å². The lowest BCUT2D eigenvalue weighted by Crippen LogP contribution is -2.45. The molecule has 0 aliphatic carbocycles. The van der Waals surface area contributed by atoms with E-state index < -0.39 is 0 Å². The number of rotatable bonds is 6. The Bertz CT molecular complexity index is 1060. The van der Waals surface area contributed by atoms with Crippen molar-refractivity contribution in [2.24, 2.45) is 0 Å². The largest absolute Gasteiger partial charge is 0.482 e. The third-order valence-electron chi connectivity index (χ3n) is 4.56. The van der Waals surface area contributed by atoms with Crippen molar-refractivity contribution in [1.29, 1.82) is 0 Å². The monoisotopic (exact) mass is 405 g/mol. The predicted molar refractivity (Wildman–Crippen MR) is 109 cm³/mol. The van der Waals surface area contributed by atoms with Gasteiger partial charge in [0.05, 0.1) is 12.0 Å². The van der Waals surface area contributed by atoms with Crippen LogP contribution in [0.5, 0.6) is 5.75 Å². The molecule has 2 heterocycles.